The minimum Gasteiger partial charge on any atom is -0.478 e. The van der Waals surface area contributed by atoms with Gasteiger partial charge in [-0.05, 0) is 5.92 Å². The summed E-state index contributed by atoms with van der Waals surface area (Å²) < 4.78 is 4.85. The van der Waals surface area contributed by atoms with Crippen LogP contribution in [0.1, 0.15) is 26.7 Å². The fourth-order valence-corrected chi connectivity index (χ4v) is 0.912. The number of ether oxygens (including phenoxy) is 1. The van der Waals surface area contributed by atoms with Gasteiger partial charge in [-0.3, -0.25) is 0 Å². The number of carboxylic acids is 1. The summed E-state index contributed by atoms with van der Waals surface area (Å²) in [4.78, 5) is 21.0. The third-order valence-corrected chi connectivity index (χ3v) is 1.98. The van der Waals surface area contributed by atoms with E-state index in [0.717, 1.165) is 25.0 Å². The average Bonchev–Trinajstić information content (AvgIpc) is 2.16. The molecule has 0 unspecified atom stereocenters. The minimum absolute atomic E-state index is 0.357. The second-order valence-electron chi connectivity index (χ2n) is 2.98. The number of aliphatic carboxylic acids is 1. The summed E-state index contributed by atoms with van der Waals surface area (Å²) in [6.45, 7) is 4.40. The highest BCUT2D eigenvalue weighted by Crippen LogP contribution is 2.07. The Bertz CT molecular complexity index is 216. The van der Waals surface area contributed by atoms with E-state index in [0.29, 0.717) is 12.5 Å². The monoisotopic (exact) mass is 200 g/mol. The van der Waals surface area contributed by atoms with E-state index >= 15 is 0 Å². The van der Waals surface area contributed by atoms with Crippen LogP contribution in [-0.2, 0) is 14.3 Å². The van der Waals surface area contributed by atoms with E-state index in [2.05, 4.69) is 0 Å². The largest absolute Gasteiger partial charge is 0.478 e. The number of hydrogen-bond acceptors (Lipinski definition) is 3. The van der Waals surface area contributed by atoms with Gasteiger partial charge in [0.2, 0.25) is 0 Å². The Balaban J connectivity index is 3.78. The van der Waals surface area contributed by atoms with Crippen molar-refractivity contribution in [3.05, 3.63) is 12.2 Å². The lowest BCUT2D eigenvalue weighted by molar-refractivity contribution is -0.140. The van der Waals surface area contributed by atoms with Gasteiger partial charge in [-0.2, -0.15) is 0 Å². The highest BCUT2D eigenvalue weighted by molar-refractivity contribution is 5.90. The van der Waals surface area contributed by atoms with Crippen molar-refractivity contribution in [2.75, 3.05) is 6.61 Å². The summed E-state index contributed by atoms with van der Waals surface area (Å²) in [6.07, 6.45) is 3.60. The lowest BCUT2D eigenvalue weighted by Crippen LogP contribution is -2.11. The van der Waals surface area contributed by atoms with E-state index in [-0.39, 0.29) is 0 Å². The summed E-state index contributed by atoms with van der Waals surface area (Å²) in [7, 11) is 0. The van der Waals surface area contributed by atoms with Crippen LogP contribution >= 0.6 is 0 Å². The van der Waals surface area contributed by atoms with Gasteiger partial charge in [0.1, 0.15) is 0 Å². The molecule has 0 aliphatic carbocycles. The van der Waals surface area contributed by atoms with Crippen molar-refractivity contribution in [3.8, 4) is 0 Å². The van der Waals surface area contributed by atoms with Crippen LogP contribution in [0.5, 0.6) is 0 Å². The molecule has 0 rings (SSSR count). The highest BCUT2D eigenvalue weighted by atomic mass is 16.5. The van der Waals surface area contributed by atoms with E-state index in [1.165, 1.54) is 0 Å². The number of carboxylic acid groups (broad SMARTS) is 1. The molecule has 1 N–H and O–H groups in total. The molecule has 0 fully saturated rings. The quantitative estimate of drug-likeness (QED) is 0.522. The van der Waals surface area contributed by atoms with Gasteiger partial charge in [0.25, 0.3) is 0 Å². The predicted molar refractivity (Wildman–Crippen MR) is 51.8 cm³/mol. The normalized spacial score (nSPS) is 10.8. The van der Waals surface area contributed by atoms with Crippen molar-refractivity contribution in [3.63, 3.8) is 0 Å². The summed E-state index contributed by atoms with van der Waals surface area (Å²) in [6, 6.07) is 0. The van der Waals surface area contributed by atoms with Crippen LogP contribution in [-0.4, -0.2) is 23.7 Å². The zero-order chi connectivity index (χ0) is 11.0. The van der Waals surface area contributed by atoms with Crippen LogP contribution in [0.4, 0.5) is 0 Å². The average molecular weight is 200 g/mol. The van der Waals surface area contributed by atoms with Crippen LogP contribution in [0, 0.1) is 5.92 Å². The summed E-state index contributed by atoms with van der Waals surface area (Å²) in [5.41, 5.74) is 0. The lowest BCUT2D eigenvalue weighted by Gasteiger charge is -2.10. The Morgan fingerprint density at radius 2 is 1.86 bits per heavy atom. The molecule has 0 aromatic carbocycles. The molecule has 14 heavy (non-hydrogen) atoms. The first-order valence-electron chi connectivity index (χ1n) is 4.67. The predicted octanol–water partition coefficient (Wildman–Crippen LogP) is 1.61. The molecule has 0 aliphatic rings. The van der Waals surface area contributed by atoms with Crippen molar-refractivity contribution >= 4 is 11.9 Å². The van der Waals surface area contributed by atoms with Gasteiger partial charge >= 0.3 is 11.9 Å². The van der Waals surface area contributed by atoms with E-state index in [1.807, 2.05) is 13.8 Å². The Hall–Kier alpha value is -1.32. The second kappa shape index (κ2) is 7.12. The first-order valence-corrected chi connectivity index (χ1v) is 4.67. The van der Waals surface area contributed by atoms with Crippen molar-refractivity contribution in [2.45, 2.75) is 26.7 Å². The number of carbonyl (C=O) groups is 2. The van der Waals surface area contributed by atoms with Crippen LogP contribution in [0.25, 0.3) is 0 Å². The topological polar surface area (TPSA) is 63.6 Å². The Labute approximate surface area is 83.6 Å². The maximum absolute atomic E-state index is 10.9. The zero-order valence-corrected chi connectivity index (χ0v) is 8.53. The molecule has 80 valence electrons. The van der Waals surface area contributed by atoms with Crippen molar-refractivity contribution in [2.24, 2.45) is 5.92 Å². The highest BCUT2D eigenvalue weighted by Gasteiger charge is 2.06. The molecular formula is C10H16O4. The first-order chi connectivity index (χ1) is 6.60. The molecule has 0 aromatic rings. The molecular weight excluding hydrogens is 184 g/mol. The molecule has 0 amide bonds. The van der Waals surface area contributed by atoms with E-state index in [9.17, 15) is 9.59 Å². The van der Waals surface area contributed by atoms with Gasteiger partial charge < -0.3 is 9.84 Å². The molecule has 0 radical (unpaired) electrons. The summed E-state index contributed by atoms with van der Waals surface area (Å²) in [5, 5.41) is 8.24. The Morgan fingerprint density at radius 1 is 1.29 bits per heavy atom. The molecule has 4 heteroatoms. The molecule has 0 saturated heterocycles. The number of carbonyl (C=O) groups excluding carboxylic acids is 1. The fraction of sp³-hybridized carbons (Fsp3) is 0.600. The first kappa shape index (κ1) is 12.7. The number of esters is 1. The maximum Gasteiger partial charge on any atom is 0.331 e. The SMILES string of the molecule is CCC(CC)COC(=O)/C=C\C(=O)O. The van der Waals surface area contributed by atoms with Gasteiger partial charge in [0.15, 0.2) is 0 Å². The van der Waals surface area contributed by atoms with Gasteiger partial charge in [-0.15, -0.1) is 0 Å². The molecule has 0 aliphatic heterocycles. The Kier molecular flexibility index (Phi) is 6.45. The van der Waals surface area contributed by atoms with E-state index in [4.69, 9.17) is 9.84 Å². The van der Waals surface area contributed by atoms with Gasteiger partial charge in [-0.25, -0.2) is 9.59 Å². The van der Waals surface area contributed by atoms with E-state index in [1.54, 1.807) is 0 Å². The third-order valence-electron chi connectivity index (χ3n) is 1.98. The molecule has 0 bridgehead atoms. The van der Waals surface area contributed by atoms with Gasteiger partial charge in [0.05, 0.1) is 6.61 Å². The number of rotatable bonds is 6. The lowest BCUT2D eigenvalue weighted by atomic mass is 10.1. The fourth-order valence-electron chi connectivity index (χ4n) is 0.912. The zero-order valence-electron chi connectivity index (χ0n) is 8.53. The van der Waals surface area contributed by atoms with Crippen LogP contribution in [0.15, 0.2) is 12.2 Å². The van der Waals surface area contributed by atoms with Gasteiger partial charge in [0, 0.05) is 12.2 Å². The van der Waals surface area contributed by atoms with Crippen molar-refractivity contribution < 1.29 is 19.4 Å². The summed E-state index contributed by atoms with van der Waals surface area (Å²) in [5.74, 6) is -1.39. The molecule has 0 aromatic heterocycles. The van der Waals surface area contributed by atoms with Crippen LogP contribution < -0.4 is 0 Å². The molecule has 4 nitrogen and oxygen atoms in total. The molecule has 0 spiro atoms. The maximum atomic E-state index is 10.9. The molecule has 0 atom stereocenters. The summed E-state index contributed by atoms with van der Waals surface area (Å²) >= 11 is 0. The smallest absolute Gasteiger partial charge is 0.331 e. The standard InChI is InChI=1S/C10H16O4/c1-3-8(4-2)7-14-10(13)6-5-9(11)12/h5-6,8H,3-4,7H2,1-2H3,(H,11,12)/b6-5-. The Morgan fingerprint density at radius 3 is 2.29 bits per heavy atom. The molecule has 0 heterocycles. The second-order valence-corrected chi connectivity index (χ2v) is 2.98. The van der Waals surface area contributed by atoms with Crippen molar-refractivity contribution in [1.82, 2.24) is 0 Å². The van der Waals surface area contributed by atoms with Crippen LogP contribution in [0.3, 0.4) is 0 Å². The minimum atomic E-state index is -1.15. The molecule has 0 saturated carbocycles. The van der Waals surface area contributed by atoms with E-state index < -0.39 is 11.9 Å². The third kappa shape index (κ3) is 6.22. The van der Waals surface area contributed by atoms with Crippen LogP contribution in [0.2, 0.25) is 0 Å². The van der Waals surface area contributed by atoms with Crippen molar-refractivity contribution in [1.29, 1.82) is 0 Å². The van der Waals surface area contributed by atoms with Gasteiger partial charge in [-0.1, -0.05) is 26.7 Å². The number of hydrogen-bond donors (Lipinski definition) is 1.